The van der Waals surface area contributed by atoms with Crippen molar-refractivity contribution >= 4 is 25.7 Å². The van der Waals surface area contributed by atoms with Crippen molar-refractivity contribution in [2.24, 2.45) is 0 Å². The second-order valence-corrected chi connectivity index (χ2v) is 8.26. The first-order valence-corrected chi connectivity index (χ1v) is 9.65. The van der Waals surface area contributed by atoms with E-state index < -0.39 is 20.0 Å². The number of nitriles is 1. The van der Waals surface area contributed by atoms with E-state index >= 15 is 0 Å². The fraction of sp³-hybridized carbons (Fsp3) is 0.417. The monoisotopic (exact) mass is 331 g/mol. The Bertz CT molecular complexity index is 736. The molecule has 0 amide bonds. The van der Waals surface area contributed by atoms with Gasteiger partial charge in [0.25, 0.3) is 0 Å². The van der Waals surface area contributed by atoms with Crippen LogP contribution in [0.3, 0.4) is 0 Å². The minimum Gasteiger partial charge on any atom is -0.268 e. The van der Waals surface area contributed by atoms with Crippen molar-refractivity contribution in [1.82, 2.24) is 4.72 Å². The number of nitrogens with zero attached hydrogens (tertiary/aromatic N) is 2. The van der Waals surface area contributed by atoms with Crippen LogP contribution in [0.5, 0.6) is 0 Å². The van der Waals surface area contributed by atoms with Gasteiger partial charge in [-0.25, -0.2) is 21.6 Å². The molecule has 1 rings (SSSR count). The first-order valence-electron chi connectivity index (χ1n) is 6.15. The van der Waals surface area contributed by atoms with Crippen molar-refractivity contribution in [2.45, 2.75) is 6.92 Å². The lowest BCUT2D eigenvalue weighted by molar-refractivity contribution is 0.579. The maximum absolute atomic E-state index is 11.9. The fourth-order valence-electron chi connectivity index (χ4n) is 1.66. The third-order valence-corrected chi connectivity index (χ3v) is 5.29. The molecule has 7 nitrogen and oxygen atoms in total. The van der Waals surface area contributed by atoms with Crippen LogP contribution in [-0.2, 0) is 20.0 Å². The molecular formula is C12H17N3O4S2. The summed E-state index contributed by atoms with van der Waals surface area (Å²) in [5, 5.41) is 9.04. The largest absolute Gasteiger partial charge is 0.268 e. The summed E-state index contributed by atoms with van der Waals surface area (Å²) in [7, 11) is -7.02. The van der Waals surface area contributed by atoms with Crippen molar-refractivity contribution in [2.75, 3.05) is 29.4 Å². The molecule has 0 heterocycles. The Kier molecular flexibility index (Phi) is 5.71. The highest BCUT2D eigenvalue weighted by Crippen LogP contribution is 2.21. The Morgan fingerprint density at radius 1 is 1.24 bits per heavy atom. The second-order valence-electron chi connectivity index (χ2n) is 4.26. The highest BCUT2D eigenvalue weighted by Gasteiger charge is 2.20. The van der Waals surface area contributed by atoms with Crippen LogP contribution in [0, 0.1) is 11.3 Å². The van der Waals surface area contributed by atoms with Gasteiger partial charge in [-0.3, -0.25) is 4.31 Å². The van der Waals surface area contributed by atoms with Gasteiger partial charge in [-0.15, -0.1) is 0 Å². The Morgan fingerprint density at radius 3 is 2.38 bits per heavy atom. The molecule has 0 fully saturated rings. The van der Waals surface area contributed by atoms with Gasteiger partial charge in [-0.05, 0) is 19.1 Å². The molecule has 0 bridgehead atoms. The Labute approximate surface area is 125 Å². The first-order chi connectivity index (χ1) is 9.71. The number of anilines is 1. The van der Waals surface area contributed by atoms with E-state index in [9.17, 15) is 16.8 Å². The molecule has 0 radical (unpaired) electrons. The normalized spacial score (nSPS) is 11.9. The molecule has 9 heteroatoms. The highest BCUT2D eigenvalue weighted by atomic mass is 32.2. The van der Waals surface area contributed by atoms with Gasteiger partial charge >= 0.3 is 0 Å². The maximum Gasteiger partial charge on any atom is 0.232 e. The van der Waals surface area contributed by atoms with Crippen LogP contribution in [0.4, 0.5) is 5.69 Å². The third kappa shape index (κ3) is 5.00. The number of rotatable bonds is 7. The Morgan fingerprint density at radius 2 is 1.86 bits per heavy atom. The van der Waals surface area contributed by atoms with Crippen LogP contribution in [0.1, 0.15) is 12.5 Å². The van der Waals surface area contributed by atoms with Crippen LogP contribution < -0.4 is 9.03 Å². The summed E-state index contributed by atoms with van der Waals surface area (Å²) in [6, 6.07) is 8.18. The lowest BCUT2D eigenvalue weighted by atomic mass is 10.2. The van der Waals surface area contributed by atoms with E-state index in [0.717, 1.165) is 10.6 Å². The third-order valence-electron chi connectivity index (χ3n) is 2.71. The topological polar surface area (TPSA) is 107 Å². The molecule has 0 aliphatic rings. The molecule has 0 spiro atoms. The van der Waals surface area contributed by atoms with Crippen molar-refractivity contribution in [3.05, 3.63) is 29.8 Å². The number of hydrogen-bond donors (Lipinski definition) is 1. The second kappa shape index (κ2) is 6.89. The Hall–Kier alpha value is -1.63. The van der Waals surface area contributed by atoms with Crippen LogP contribution in [0.2, 0.25) is 0 Å². The van der Waals surface area contributed by atoms with Gasteiger partial charge in [-0.1, -0.05) is 12.1 Å². The lowest BCUT2D eigenvalue weighted by Gasteiger charge is -2.23. The molecule has 0 aliphatic carbocycles. The van der Waals surface area contributed by atoms with Gasteiger partial charge in [-0.2, -0.15) is 5.26 Å². The molecule has 1 aromatic rings. The average molecular weight is 331 g/mol. The molecule has 0 aromatic heterocycles. The summed E-state index contributed by atoms with van der Waals surface area (Å²) in [6.07, 6.45) is 1.01. The van der Waals surface area contributed by atoms with E-state index in [2.05, 4.69) is 4.72 Å². The number of para-hydroxylation sites is 1. The zero-order valence-electron chi connectivity index (χ0n) is 11.8. The number of hydrogen-bond acceptors (Lipinski definition) is 5. The molecule has 0 saturated carbocycles. The quantitative estimate of drug-likeness (QED) is 0.771. The van der Waals surface area contributed by atoms with Gasteiger partial charge in [0.15, 0.2) is 0 Å². The summed E-state index contributed by atoms with van der Waals surface area (Å²) in [6.45, 7) is 1.33. The molecule has 1 N–H and O–H groups in total. The SMILES string of the molecule is CCS(=O)(=O)NCCN(c1ccccc1C#N)S(C)(=O)=O. The molecule has 116 valence electrons. The Balaban J connectivity index is 3.02. The van der Waals surface area contributed by atoms with E-state index in [4.69, 9.17) is 5.26 Å². The van der Waals surface area contributed by atoms with Gasteiger partial charge in [0.05, 0.1) is 23.3 Å². The predicted molar refractivity (Wildman–Crippen MR) is 80.8 cm³/mol. The highest BCUT2D eigenvalue weighted by molar-refractivity contribution is 7.92. The van der Waals surface area contributed by atoms with Crippen molar-refractivity contribution in [1.29, 1.82) is 5.26 Å². The summed E-state index contributed by atoms with van der Waals surface area (Å²) in [5.74, 6) is -0.0827. The number of sulfonamides is 2. The maximum atomic E-state index is 11.9. The summed E-state index contributed by atoms with van der Waals surface area (Å²) in [4.78, 5) is 0. The summed E-state index contributed by atoms with van der Waals surface area (Å²) < 4.78 is 49.8. The smallest absolute Gasteiger partial charge is 0.232 e. The zero-order chi connectivity index (χ0) is 16.1. The number of benzene rings is 1. The van der Waals surface area contributed by atoms with E-state index in [1.165, 1.54) is 19.1 Å². The van der Waals surface area contributed by atoms with E-state index in [-0.39, 0.29) is 30.1 Å². The molecule has 1 aromatic carbocycles. The van der Waals surface area contributed by atoms with Crippen LogP contribution in [-0.4, -0.2) is 41.9 Å². The lowest BCUT2D eigenvalue weighted by Crippen LogP contribution is -2.38. The molecule has 0 unspecified atom stereocenters. The predicted octanol–water partition coefficient (Wildman–Crippen LogP) is 0.264. The average Bonchev–Trinajstić information content (AvgIpc) is 2.42. The molecule has 0 aliphatic heterocycles. The minimum absolute atomic E-state index is 0.0665. The zero-order valence-corrected chi connectivity index (χ0v) is 13.4. The van der Waals surface area contributed by atoms with Gasteiger partial charge in [0.1, 0.15) is 6.07 Å². The van der Waals surface area contributed by atoms with Crippen molar-refractivity contribution in [3.63, 3.8) is 0 Å². The van der Waals surface area contributed by atoms with Crippen molar-refractivity contribution < 1.29 is 16.8 Å². The molecule has 0 atom stereocenters. The van der Waals surface area contributed by atoms with Gasteiger partial charge in [0.2, 0.25) is 20.0 Å². The van der Waals surface area contributed by atoms with Crippen LogP contribution >= 0.6 is 0 Å². The fourth-order valence-corrected chi connectivity index (χ4v) is 3.20. The van der Waals surface area contributed by atoms with Crippen LogP contribution in [0.15, 0.2) is 24.3 Å². The minimum atomic E-state index is -3.63. The van der Waals surface area contributed by atoms with E-state index in [1.54, 1.807) is 12.1 Å². The van der Waals surface area contributed by atoms with Gasteiger partial charge in [0, 0.05) is 13.1 Å². The number of nitrogens with one attached hydrogen (secondary N) is 1. The van der Waals surface area contributed by atoms with Gasteiger partial charge < -0.3 is 0 Å². The van der Waals surface area contributed by atoms with Crippen molar-refractivity contribution in [3.8, 4) is 6.07 Å². The first kappa shape index (κ1) is 17.4. The molecule has 0 saturated heterocycles. The molecule has 21 heavy (non-hydrogen) atoms. The standard InChI is InChI=1S/C12H17N3O4S2/c1-3-21(18,19)14-8-9-15(20(2,16)17)12-7-5-4-6-11(12)10-13/h4-7,14H,3,8-9H2,1-2H3. The summed E-state index contributed by atoms with van der Waals surface area (Å²) in [5.41, 5.74) is 0.444. The van der Waals surface area contributed by atoms with E-state index in [1.807, 2.05) is 6.07 Å². The van der Waals surface area contributed by atoms with Crippen LogP contribution in [0.25, 0.3) is 0 Å². The molecular weight excluding hydrogens is 314 g/mol. The van der Waals surface area contributed by atoms with E-state index in [0.29, 0.717) is 0 Å². The summed E-state index contributed by atoms with van der Waals surface area (Å²) >= 11 is 0.